The van der Waals surface area contributed by atoms with E-state index in [1.165, 1.54) is 39.2 Å². The largest absolute Gasteiger partial charge is 0.496 e. The van der Waals surface area contributed by atoms with Crippen molar-refractivity contribution in [2.75, 3.05) is 12.4 Å². The van der Waals surface area contributed by atoms with Gasteiger partial charge in [-0.3, -0.25) is 9.59 Å². The second-order valence-corrected chi connectivity index (χ2v) is 8.93. The number of benzene rings is 2. The van der Waals surface area contributed by atoms with Crippen LogP contribution in [-0.4, -0.2) is 41.9 Å². The fourth-order valence-electron chi connectivity index (χ4n) is 4.19. The van der Waals surface area contributed by atoms with Gasteiger partial charge < -0.3 is 20.0 Å². The highest BCUT2D eigenvalue weighted by Gasteiger charge is 2.61. The predicted octanol–water partition coefficient (Wildman–Crippen LogP) is 4.68. The molecule has 2 atom stereocenters. The number of carbonyl (C=O) groups excluding carboxylic acids is 2. The number of carbonyl (C=O) groups is 2. The highest BCUT2D eigenvalue weighted by atomic mass is 19.4. The van der Waals surface area contributed by atoms with E-state index >= 15 is 0 Å². The Morgan fingerprint density at radius 1 is 1.23 bits per heavy atom. The number of oxime groups is 1. The van der Waals surface area contributed by atoms with Gasteiger partial charge in [0.05, 0.1) is 12.8 Å². The van der Waals surface area contributed by atoms with Gasteiger partial charge in [0, 0.05) is 23.2 Å². The number of methoxy groups -OCH3 is 1. The van der Waals surface area contributed by atoms with Gasteiger partial charge in [-0.05, 0) is 35.6 Å². The standard InChI is InChI=1S/C25H27F3N2O5/c1-5-19-17-12-15(10-11-16(17)21(13-31)35-30-19)29-22(32)24(33,25(26,27)28)14-23(2,3)18-8-6-7-9-20(18)34-4/h6-13,21,33H,5,14H2,1-4H3,(H,29,32). The van der Waals surface area contributed by atoms with E-state index in [1.54, 1.807) is 31.2 Å². The molecule has 35 heavy (non-hydrogen) atoms. The number of alkyl halides is 3. The Morgan fingerprint density at radius 2 is 1.91 bits per heavy atom. The number of para-hydroxylation sites is 1. The molecule has 1 heterocycles. The lowest BCUT2D eigenvalue weighted by molar-refractivity contribution is -0.254. The monoisotopic (exact) mass is 492 g/mol. The molecule has 1 aliphatic rings. The quantitative estimate of drug-likeness (QED) is 0.522. The third-order valence-electron chi connectivity index (χ3n) is 6.04. The van der Waals surface area contributed by atoms with Crippen LogP contribution in [0.2, 0.25) is 0 Å². The number of nitrogens with one attached hydrogen (secondary N) is 1. The SMILES string of the molecule is CCC1=NOC(C=O)c2ccc(NC(=O)C(O)(CC(C)(C)c3ccccc3OC)C(F)(F)F)cc21. The number of hydrogen-bond donors (Lipinski definition) is 2. The number of aliphatic hydroxyl groups is 1. The predicted molar refractivity (Wildman–Crippen MR) is 123 cm³/mol. The van der Waals surface area contributed by atoms with E-state index in [1.807, 2.05) is 0 Å². The van der Waals surface area contributed by atoms with Crippen molar-refractivity contribution in [2.45, 2.75) is 56.9 Å². The summed E-state index contributed by atoms with van der Waals surface area (Å²) < 4.78 is 47.7. The van der Waals surface area contributed by atoms with Crippen molar-refractivity contribution in [3.63, 3.8) is 0 Å². The molecule has 2 N–H and O–H groups in total. The third-order valence-corrected chi connectivity index (χ3v) is 6.04. The zero-order valence-electron chi connectivity index (χ0n) is 19.8. The Morgan fingerprint density at radius 3 is 2.51 bits per heavy atom. The van der Waals surface area contributed by atoms with E-state index in [9.17, 15) is 27.9 Å². The lowest BCUT2D eigenvalue weighted by atomic mass is 9.74. The van der Waals surface area contributed by atoms with Gasteiger partial charge in [0.15, 0.2) is 6.29 Å². The van der Waals surface area contributed by atoms with Crippen molar-refractivity contribution >= 4 is 23.6 Å². The van der Waals surface area contributed by atoms with Gasteiger partial charge in [0.1, 0.15) is 5.75 Å². The minimum absolute atomic E-state index is 0.0132. The molecule has 0 saturated carbocycles. The van der Waals surface area contributed by atoms with Crippen molar-refractivity contribution in [3.8, 4) is 5.75 Å². The summed E-state index contributed by atoms with van der Waals surface area (Å²) in [7, 11) is 1.39. The van der Waals surface area contributed by atoms with E-state index in [2.05, 4.69) is 10.5 Å². The van der Waals surface area contributed by atoms with Crippen LogP contribution in [0.1, 0.15) is 56.4 Å². The first-order chi connectivity index (χ1) is 16.4. The molecule has 2 aromatic carbocycles. The first kappa shape index (κ1) is 26.2. The maximum atomic E-state index is 14.2. The normalized spacial score (nSPS) is 17.4. The summed E-state index contributed by atoms with van der Waals surface area (Å²) in [4.78, 5) is 29.4. The molecule has 188 valence electrons. The van der Waals surface area contributed by atoms with Crippen molar-refractivity contribution in [3.05, 3.63) is 59.2 Å². The minimum atomic E-state index is -5.27. The van der Waals surface area contributed by atoms with Crippen molar-refractivity contribution in [1.82, 2.24) is 0 Å². The number of nitrogens with zero attached hydrogens (tertiary/aromatic N) is 1. The zero-order valence-corrected chi connectivity index (χ0v) is 19.8. The number of aldehydes is 1. The summed E-state index contributed by atoms with van der Waals surface area (Å²) in [6, 6.07) is 10.7. The van der Waals surface area contributed by atoms with Crippen LogP contribution in [-0.2, 0) is 19.8 Å². The summed E-state index contributed by atoms with van der Waals surface area (Å²) in [6.07, 6.45) is -6.20. The molecule has 0 saturated heterocycles. The van der Waals surface area contributed by atoms with E-state index in [4.69, 9.17) is 9.57 Å². The van der Waals surface area contributed by atoms with Crippen LogP contribution in [0.15, 0.2) is 47.6 Å². The van der Waals surface area contributed by atoms with Gasteiger partial charge in [-0.25, -0.2) is 0 Å². The number of anilines is 1. The second kappa shape index (κ2) is 9.69. The molecule has 0 spiro atoms. The molecule has 1 amide bonds. The van der Waals surface area contributed by atoms with Crippen LogP contribution in [0.25, 0.3) is 0 Å². The van der Waals surface area contributed by atoms with Crippen LogP contribution in [0.3, 0.4) is 0 Å². The number of amides is 1. The Hall–Kier alpha value is -3.40. The molecule has 7 nitrogen and oxygen atoms in total. The smallest absolute Gasteiger partial charge is 0.426 e. The van der Waals surface area contributed by atoms with Gasteiger partial charge in [0.2, 0.25) is 11.7 Å². The molecule has 2 aromatic rings. The summed E-state index contributed by atoms with van der Waals surface area (Å²) in [5.74, 6) is -1.28. The van der Waals surface area contributed by atoms with Crippen LogP contribution >= 0.6 is 0 Å². The molecule has 0 aromatic heterocycles. The molecule has 0 radical (unpaired) electrons. The molecule has 3 rings (SSSR count). The van der Waals surface area contributed by atoms with Crippen molar-refractivity contribution < 1.29 is 37.4 Å². The van der Waals surface area contributed by atoms with E-state index in [-0.39, 0.29) is 5.69 Å². The summed E-state index contributed by atoms with van der Waals surface area (Å²) >= 11 is 0. The number of hydrogen-bond acceptors (Lipinski definition) is 6. The van der Waals surface area contributed by atoms with E-state index < -0.39 is 35.6 Å². The molecule has 1 aliphatic heterocycles. The molecule has 0 fully saturated rings. The Balaban J connectivity index is 1.96. The lowest BCUT2D eigenvalue weighted by Crippen LogP contribution is -2.57. The van der Waals surface area contributed by atoms with Crippen LogP contribution in [0.5, 0.6) is 5.75 Å². The highest BCUT2D eigenvalue weighted by molar-refractivity contribution is 6.05. The minimum Gasteiger partial charge on any atom is -0.496 e. The Bertz CT molecular complexity index is 1150. The van der Waals surface area contributed by atoms with Crippen molar-refractivity contribution in [2.24, 2.45) is 5.16 Å². The number of fused-ring (bicyclic) bond motifs is 1. The molecular formula is C25H27F3N2O5. The molecule has 10 heteroatoms. The fraction of sp³-hybridized carbons (Fsp3) is 0.400. The van der Waals surface area contributed by atoms with E-state index in [0.29, 0.717) is 40.9 Å². The second-order valence-electron chi connectivity index (χ2n) is 8.93. The zero-order chi connectivity index (χ0) is 26.0. The first-order valence-electron chi connectivity index (χ1n) is 10.9. The lowest BCUT2D eigenvalue weighted by Gasteiger charge is -2.37. The topological polar surface area (TPSA) is 97.2 Å². The maximum Gasteiger partial charge on any atom is 0.426 e. The van der Waals surface area contributed by atoms with Gasteiger partial charge >= 0.3 is 6.18 Å². The Labute approximate surface area is 200 Å². The van der Waals surface area contributed by atoms with Crippen LogP contribution in [0, 0.1) is 0 Å². The molecule has 2 unspecified atom stereocenters. The molecule has 0 bridgehead atoms. The Kier molecular flexibility index (Phi) is 7.26. The van der Waals surface area contributed by atoms with Gasteiger partial charge in [-0.1, -0.05) is 50.2 Å². The summed E-state index contributed by atoms with van der Waals surface area (Å²) in [5, 5.41) is 16.9. The maximum absolute atomic E-state index is 14.2. The third kappa shape index (κ3) is 5.02. The average molecular weight is 492 g/mol. The molecule has 0 aliphatic carbocycles. The summed E-state index contributed by atoms with van der Waals surface area (Å²) in [5.41, 5.74) is -3.15. The highest BCUT2D eigenvalue weighted by Crippen LogP contribution is 2.44. The van der Waals surface area contributed by atoms with Crippen molar-refractivity contribution in [1.29, 1.82) is 0 Å². The number of ether oxygens (including phenoxy) is 1. The van der Waals surface area contributed by atoms with Crippen LogP contribution < -0.4 is 10.1 Å². The first-order valence-corrected chi connectivity index (χ1v) is 10.9. The van der Waals surface area contributed by atoms with Gasteiger partial charge in [-0.2, -0.15) is 13.2 Å². The molecular weight excluding hydrogens is 465 g/mol. The van der Waals surface area contributed by atoms with Gasteiger partial charge in [-0.15, -0.1) is 0 Å². The summed E-state index contributed by atoms with van der Waals surface area (Å²) in [6.45, 7) is 4.79. The number of halogens is 3. The average Bonchev–Trinajstić information content (AvgIpc) is 2.82. The van der Waals surface area contributed by atoms with Gasteiger partial charge in [0.25, 0.3) is 5.91 Å². The fourth-order valence-corrected chi connectivity index (χ4v) is 4.19. The van der Waals surface area contributed by atoms with E-state index in [0.717, 1.165) is 0 Å². The number of rotatable bonds is 8. The van der Waals surface area contributed by atoms with Crippen LogP contribution in [0.4, 0.5) is 18.9 Å².